The molecule has 5 nitrogen and oxygen atoms in total. The van der Waals surface area contributed by atoms with E-state index < -0.39 is 5.60 Å². The molecular weight excluding hydrogens is 261 g/mol. The lowest BCUT2D eigenvalue weighted by Gasteiger charge is -2.28. The van der Waals surface area contributed by atoms with E-state index in [1.807, 2.05) is 0 Å². The molecule has 0 aliphatic carbocycles. The first-order valence-electron chi connectivity index (χ1n) is 6.62. The Morgan fingerprint density at radius 3 is 3.00 bits per heavy atom. The Kier molecular flexibility index (Phi) is 3.27. The first-order chi connectivity index (χ1) is 9.58. The minimum atomic E-state index is -1.11. The molecule has 0 spiro atoms. The van der Waals surface area contributed by atoms with Crippen molar-refractivity contribution in [1.29, 1.82) is 0 Å². The fraction of sp³-hybridized carbons (Fsp3) is 0.429. The highest BCUT2D eigenvalue weighted by atomic mass is 19.1. The van der Waals surface area contributed by atoms with Crippen molar-refractivity contribution in [3.63, 3.8) is 0 Å². The second-order valence-corrected chi connectivity index (χ2v) is 5.20. The molecule has 1 aliphatic heterocycles. The first-order valence-corrected chi connectivity index (χ1v) is 6.62. The maximum atomic E-state index is 13.3. The van der Waals surface area contributed by atoms with Crippen LogP contribution in [0.2, 0.25) is 0 Å². The zero-order chi connectivity index (χ0) is 14.2. The number of halogens is 1. The van der Waals surface area contributed by atoms with Gasteiger partial charge in [0.05, 0.1) is 0 Å². The smallest absolute Gasteiger partial charge is 0.260 e. The Balaban J connectivity index is 1.91. The number of hydrogen-bond donors (Lipinski definition) is 2. The highest BCUT2D eigenvalue weighted by molar-refractivity contribution is 5.55. The van der Waals surface area contributed by atoms with E-state index in [2.05, 4.69) is 15.5 Å². The molecule has 2 aromatic rings. The molecule has 1 atom stereocenters. The number of piperidine rings is 1. The third-order valence-electron chi connectivity index (χ3n) is 3.60. The van der Waals surface area contributed by atoms with Crippen LogP contribution in [0, 0.1) is 12.7 Å². The molecule has 106 valence electrons. The van der Waals surface area contributed by atoms with Gasteiger partial charge >= 0.3 is 0 Å². The number of β-amino-alcohol motifs (C(OH)–C–C–N with tert-alkyl or cyclic N) is 1. The third-order valence-corrected chi connectivity index (χ3v) is 3.60. The van der Waals surface area contributed by atoms with E-state index in [4.69, 9.17) is 4.52 Å². The van der Waals surface area contributed by atoms with Crippen molar-refractivity contribution in [2.24, 2.45) is 0 Å². The van der Waals surface area contributed by atoms with Crippen molar-refractivity contribution in [2.75, 3.05) is 13.1 Å². The van der Waals surface area contributed by atoms with Gasteiger partial charge in [0, 0.05) is 12.1 Å². The van der Waals surface area contributed by atoms with Crippen molar-refractivity contribution in [3.05, 3.63) is 35.5 Å². The Morgan fingerprint density at radius 2 is 2.30 bits per heavy atom. The Labute approximate surface area is 115 Å². The molecule has 2 heterocycles. The van der Waals surface area contributed by atoms with E-state index in [0.29, 0.717) is 29.9 Å². The molecule has 0 bridgehead atoms. The van der Waals surface area contributed by atoms with Gasteiger partial charge in [-0.1, -0.05) is 5.16 Å². The summed E-state index contributed by atoms with van der Waals surface area (Å²) in [6.45, 7) is 2.95. The van der Waals surface area contributed by atoms with Crippen molar-refractivity contribution in [1.82, 2.24) is 15.5 Å². The van der Waals surface area contributed by atoms with Crippen molar-refractivity contribution < 1.29 is 14.0 Å². The van der Waals surface area contributed by atoms with Gasteiger partial charge in [-0.2, -0.15) is 4.98 Å². The predicted molar refractivity (Wildman–Crippen MR) is 70.4 cm³/mol. The number of benzene rings is 1. The molecule has 2 N–H and O–H groups in total. The van der Waals surface area contributed by atoms with Crippen LogP contribution in [0.5, 0.6) is 0 Å². The van der Waals surface area contributed by atoms with Crippen molar-refractivity contribution in [2.45, 2.75) is 25.4 Å². The lowest BCUT2D eigenvalue weighted by atomic mass is 9.94. The van der Waals surface area contributed by atoms with E-state index in [-0.39, 0.29) is 11.7 Å². The fourth-order valence-corrected chi connectivity index (χ4v) is 2.39. The summed E-state index contributed by atoms with van der Waals surface area (Å²) in [7, 11) is 0. The number of rotatable bonds is 2. The summed E-state index contributed by atoms with van der Waals surface area (Å²) < 4.78 is 18.4. The molecule has 1 unspecified atom stereocenters. The van der Waals surface area contributed by atoms with Gasteiger partial charge in [-0.05, 0) is 50.1 Å². The average molecular weight is 277 g/mol. The van der Waals surface area contributed by atoms with Crippen LogP contribution >= 0.6 is 0 Å². The predicted octanol–water partition coefficient (Wildman–Crippen LogP) is 1.76. The molecule has 0 amide bonds. The van der Waals surface area contributed by atoms with Crippen LogP contribution in [0.1, 0.15) is 24.3 Å². The van der Waals surface area contributed by atoms with Crippen molar-refractivity contribution >= 4 is 0 Å². The second-order valence-electron chi connectivity index (χ2n) is 5.20. The summed E-state index contributed by atoms with van der Waals surface area (Å²) in [4.78, 5) is 4.26. The summed E-state index contributed by atoms with van der Waals surface area (Å²) in [6.07, 6.45) is 1.44. The molecule has 0 radical (unpaired) electrons. The first kappa shape index (κ1) is 13.2. The van der Waals surface area contributed by atoms with Crippen LogP contribution in [0.15, 0.2) is 22.7 Å². The van der Waals surface area contributed by atoms with Crippen LogP contribution in [0.25, 0.3) is 11.4 Å². The highest BCUT2D eigenvalue weighted by Gasteiger charge is 2.37. The average Bonchev–Trinajstić information content (AvgIpc) is 2.93. The summed E-state index contributed by atoms with van der Waals surface area (Å²) in [6, 6.07) is 4.63. The SMILES string of the molecule is Cc1cc(-c2noc(C3(O)CCCNC3)n2)ccc1F. The monoisotopic (exact) mass is 277 g/mol. The van der Waals surface area contributed by atoms with E-state index in [0.717, 1.165) is 13.0 Å². The number of nitrogens with zero attached hydrogens (tertiary/aromatic N) is 2. The molecule has 0 saturated carbocycles. The molecule has 20 heavy (non-hydrogen) atoms. The topological polar surface area (TPSA) is 71.2 Å². The van der Waals surface area contributed by atoms with E-state index >= 15 is 0 Å². The van der Waals surface area contributed by atoms with Crippen LogP contribution < -0.4 is 5.32 Å². The van der Waals surface area contributed by atoms with Gasteiger partial charge in [0.25, 0.3) is 5.89 Å². The second kappa shape index (κ2) is 4.96. The van der Waals surface area contributed by atoms with E-state index in [1.165, 1.54) is 6.07 Å². The molecule has 3 rings (SSSR count). The summed E-state index contributed by atoms with van der Waals surface area (Å²) in [5.41, 5.74) is 0.0802. The number of aryl methyl sites for hydroxylation is 1. The molecule has 1 aromatic heterocycles. The summed E-state index contributed by atoms with van der Waals surface area (Å²) in [5.74, 6) is 0.302. The minimum Gasteiger partial charge on any atom is -0.379 e. The molecule has 6 heteroatoms. The molecule has 1 fully saturated rings. The Bertz CT molecular complexity index is 621. The zero-order valence-electron chi connectivity index (χ0n) is 11.2. The standard InChI is InChI=1S/C14H16FN3O2/c1-9-7-10(3-4-11(9)15)12-17-13(20-18-12)14(19)5-2-6-16-8-14/h3-4,7,16,19H,2,5-6,8H2,1H3. The Hall–Kier alpha value is -1.79. The van der Waals surface area contributed by atoms with Gasteiger partial charge in [-0.15, -0.1) is 0 Å². The Morgan fingerprint density at radius 1 is 1.45 bits per heavy atom. The lowest BCUT2D eigenvalue weighted by molar-refractivity contribution is -0.0167. The lowest BCUT2D eigenvalue weighted by Crippen LogP contribution is -2.43. The zero-order valence-corrected chi connectivity index (χ0v) is 11.2. The van der Waals surface area contributed by atoms with Crippen LogP contribution in [0.3, 0.4) is 0 Å². The van der Waals surface area contributed by atoms with Gasteiger partial charge in [0.15, 0.2) is 5.60 Å². The number of aliphatic hydroxyl groups is 1. The highest BCUT2D eigenvalue weighted by Crippen LogP contribution is 2.29. The van der Waals surface area contributed by atoms with Crippen molar-refractivity contribution in [3.8, 4) is 11.4 Å². The van der Waals surface area contributed by atoms with Gasteiger partial charge < -0.3 is 14.9 Å². The molecule has 1 aromatic carbocycles. The van der Waals surface area contributed by atoms with Crippen LogP contribution in [-0.4, -0.2) is 28.3 Å². The quantitative estimate of drug-likeness (QED) is 0.875. The van der Waals surface area contributed by atoms with Gasteiger partial charge in [0.2, 0.25) is 5.82 Å². The number of hydrogen-bond acceptors (Lipinski definition) is 5. The van der Waals surface area contributed by atoms with E-state index in [9.17, 15) is 9.50 Å². The largest absolute Gasteiger partial charge is 0.379 e. The summed E-state index contributed by atoms with van der Waals surface area (Å²) >= 11 is 0. The van der Waals surface area contributed by atoms with Gasteiger partial charge in [0.1, 0.15) is 5.82 Å². The molecule has 1 aliphatic rings. The van der Waals surface area contributed by atoms with Crippen LogP contribution in [0.4, 0.5) is 4.39 Å². The number of aromatic nitrogens is 2. The fourth-order valence-electron chi connectivity index (χ4n) is 2.39. The van der Waals surface area contributed by atoms with Crippen LogP contribution in [-0.2, 0) is 5.60 Å². The molecule has 1 saturated heterocycles. The normalized spacial score (nSPS) is 22.9. The van der Waals surface area contributed by atoms with Gasteiger partial charge in [-0.25, -0.2) is 4.39 Å². The third kappa shape index (κ3) is 2.32. The maximum Gasteiger partial charge on any atom is 0.260 e. The summed E-state index contributed by atoms with van der Waals surface area (Å²) in [5, 5.41) is 17.5. The number of nitrogens with one attached hydrogen (secondary N) is 1. The minimum absolute atomic E-state index is 0.210. The maximum absolute atomic E-state index is 13.3. The van der Waals surface area contributed by atoms with E-state index in [1.54, 1.807) is 19.1 Å². The van der Waals surface area contributed by atoms with Gasteiger partial charge in [-0.3, -0.25) is 0 Å². The molecular formula is C14H16FN3O2.